The van der Waals surface area contributed by atoms with Crippen molar-refractivity contribution in [3.63, 3.8) is 0 Å². The molecule has 0 spiro atoms. The summed E-state index contributed by atoms with van der Waals surface area (Å²) < 4.78 is 5.33. The average molecular weight is 213 g/mol. The summed E-state index contributed by atoms with van der Waals surface area (Å²) in [6, 6.07) is 0. The molecule has 1 aliphatic carbocycles. The molecular weight excluding hydrogens is 190 g/mol. The lowest BCUT2D eigenvalue weighted by Gasteiger charge is -2.27. The van der Waals surface area contributed by atoms with Gasteiger partial charge in [0.25, 0.3) is 0 Å². The first-order valence-electron chi connectivity index (χ1n) is 6.08. The van der Waals surface area contributed by atoms with Crippen molar-refractivity contribution in [2.24, 2.45) is 5.73 Å². The van der Waals surface area contributed by atoms with E-state index in [0.29, 0.717) is 0 Å². The Balaban J connectivity index is 2.54. The second-order valence-corrected chi connectivity index (χ2v) is 4.69. The van der Waals surface area contributed by atoms with E-state index in [-0.39, 0.29) is 12.1 Å². The number of carbonyl (C=O) groups excluding carboxylic acids is 1. The molecule has 15 heavy (non-hydrogen) atoms. The van der Waals surface area contributed by atoms with Crippen LogP contribution in [0.5, 0.6) is 0 Å². The highest BCUT2D eigenvalue weighted by Crippen LogP contribution is 2.26. The van der Waals surface area contributed by atoms with Gasteiger partial charge >= 0.3 is 5.97 Å². The molecule has 1 fully saturated rings. The van der Waals surface area contributed by atoms with E-state index < -0.39 is 5.54 Å². The van der Waals surface area contributed by atoms with Crippen molar-refractivity contribution in [2.75, 3.05) is 0 Å². The zero-order valence-electron chi connectivity index (χ0n) is 9.92. The molecule has 88 valence electrons. The molecule has 1 aliphatic rings. The number of esters is 1. The van der Waals surface area contributed by atoms with E-state index in [4.69, 9.17) is 10.5 Å². The summed E-state index contributed by atoms with van der Waals surface area (Å²) >= 11 is 0. The molecular formula is C12H23NO2. The third kappa shape index (κ3) is 3.49. The van der Waals surface area contributed by atoms with Gasteiger partial charge in [0.15, 0.2) is 0 Å². The van der Waals surface area contributed by atoms with Gasteiger partial charge in [0.05, 0.1) is 6.10 Å². The van der Waals surface area contributed by atoms with Crippen molar-refractivity contribution >= 4 is 5.97 Å². The summed E-state index contributed by atoms with van der Waals surface area (Å²) in [5.74, 6) is -0.196. The predicted octanol–water partition coefficient (Wildman–Crippen LogP) is 2.38. The van der Waals surface area contributed by atoms with E-state index in [9.17, 15) is 4.79 Å². The molecule has 0 saturated heterocycles. The van der Waals surface area contributed by atoms with Gasteiger partial charge in [0, 0.05) is 0 Å². The van der Waals surface area contributed by atoms with Crippen LogP contribution in [0.25, 0.3) is 0 Å². The van der Waals surface area contributed by atoms with Crippen LogP contribution in [0.4, 0.5) is 0 Å². The van der Waals surface area contributed by atoms with Gasteiger partial charge in [-0.15, -0.1) is 0 Å². The van der Waals surface area contributed by atoms with Crippen LogP contribution in [-0.4, -0.2) is 17.6 Å². The summed E-state index contributed by atoms with van der Waals surface area (Å²) in [6.07, 6.45) is 6.87. The molecule has 1 unspecified atom stereocenters. The summed E-state index contributed by atoms with van der Waals surface area (Å²) in [4.78, 5) is 11.9. The van der Waals surface area contributed by atoms with Crippen molar-refractivity contribution < 1.29 is 9.53 Å². The van der Waals surface area contributed by atoms with Gasteiger partial charge in [-0.3, -0.25) is 4.79 Å². The number of hydrogen-bond acceptors (Lipinski definition) is 3. The van der Waals surface area contributed by atoms with E-state index in [2.05, 4.69) is 0 Å². The molecule has 3 heteroatoms. The third-order valence-corrected chi connectivity index (χ3v) is 3.29. The Morgan fingerprint density at radius 3 is 2.33 bits per heavy atom. The largest absolute Gasteiger partial charge is 0.461 e. The average Bonchev–Trinajstić information content (AvgIpc) is 2.44. The highest BCUT2D eigenvalue weighted by molar-refractivity contribution is 5.80. The van der Waals surface area contributed by atoms with Crippen molar-refractivity contribution in [1.82, 2.24) is 0 Å². The first-order chi connectivity index (χ1) is 7.08. The highest BCUT2D eigenvalue weighted by Gasteiger charge is 2.36. The molecule has 1 saturated carbocycles. The van der Waals surface area contributed by atoms with Crippen LogP contribution in [0.1, 0.15) is 58.8 Å². The number of rotatable bonds is 3. The number of nitrogens with two attached hydrogens (primary N) is 1. The molecule has 2 N–H and O–H groups in total. The van der Waals surface area contributed by atoms with E-state index >= 15 is 0 Å². The fraction of sp³-hybridized carbons (Fsp3) is 0.917. The van der Waals surface area contributed by atoms with Gasteiger partial charge in [0.1, 0.15) is 5.54 Å². The van der Waals surface area contributed by atoms with Gasteiger partial charge < -0.3 is 10.5 Å². The minimum atomic E-state index is -0.708. The maximum absolute atomic E-state index is 11.9. The maximum Gasteiger partial charge on any atom is 0.326 e. The Morgan fingerprint density at radius 2 is 1.87 bits per heavy atom. The minimum Gasteiger partial charge on any atom is -0.461 e. The molecule has 0 aromatic heterocycles. The maximum atomic E-state index is 11.9. The first kappa shape index (κ1) is 12.5. The Hall–Kier alpha value is -0.570. The smallest absolute Gasteiger partial charge is 0.326 e. The number of ether oxygens (including phenoxy) is 1. The predicted molar refractivity (Wildman–Crippen MR) is 60.5 cm³/mol. The van der Waals surface area contributed by atoms with Crippen molar-refractivity contribution in [1.29, 1.82) is 0 Å². The topological polar surface area (TPSA) is 52.3 Å². The second-order valence-electron chi connectivity index (χ2n) is 4.69. The molecule has 0 amide bonds. The Morgan fingerprint density at radius 1 is 1.33 bits per heavy atom. The summed E-state index contributed by atoms with van der Waals surface area (Å²) in [5.41, 5.74) is 5.42. The lowest BCUT2D eigenvalue weighted by Crippen LogP contribution is -2.49. The molecule has 1 rings (SSSR count). The molecule has 3 nitrogen and oxygen atoms in total. The number of hydrogen-bond donors (Lipinski definition) is 1. The molecule has 0 aromatic carbocycles. The van der Waals surface area contributed by atoms with Crippen molar-refractivity contribution in [2.45, 2.75) is 70.4 Å². The van der Waals surface area contributed by atoms with E-state index in [1.807, 2.05) is 13.8 Å². The molecule has 0 heterocycles. The minimum absolute atomic E-state index is 0.0128. The SMILES string of the molecule is CCC(C)OC(=O)C1(N)CCCCCC1. The van der Waals surface area contributed by atoms with Crippen LogP contribution in [-0.2, 0) is 9.53 Å². The van der Waals surface area contributed by atoms with Crippen LogP contribution >= 0.6 is 0 Å². The van der Waals surface area contributed by atoms with Gasteiger partial charge in [-0.05, 0) is 26.2 Å². The summed E-state index contributed by atoms with van der Waals surface area (Å²) in [7, 11) is 0. The number of carbonyl (C=O) groups is 1. The van der Waals surface area contributed by atoms with Crippen molar-refractivity contribution in [3.05, 3.63) is 0 Å². The van der Waals surface area contributed by atoms with Crippen LogP contribution in [0.3, 0.4) is 0 Å². The van der Waals surface area contributed by atoms with Gasteiger partial charge in [0.2, 0.25) is 0 Å². The van der Waals surface area contributed by atoms with Gasteiger partial charge in [-0.25, -0.2) is 0 Å². The zero-order valence-corrected chi connectivity index (χ0v) is 9.92. The molecule has 0 bridgehead atoms. The fourth-order valence-corrected chi connectivity index (χ4v) is 1.95. The monoisotopic (exact) mass is 213 g/mol. The van der Waals surface area contributed by atoms with Gasteiger partial charge in [-0.1, -0.05) is 32.6 Å². The Bertz CT molecular complexity index is 208. The van der Waals surface area contributed by atoms with Gasteiger partial charge in [-0.2, -0.15) is 0 Å². The normalized spacial score (nSPS) is 22.9. The van der Waals surface area contributed by atoms with Crippen LogP contribution in [0.15, 0.2) is 0 Å². The lowest BCUT2D eigenvalue weighted by atomic mass is 9.91. The quantitative estimate of drug-likeness (QED) is 0.578. The zero-order chi connectivity index (χ0) is 11.3. The highest BCUT2D eigenvalue weighted by atomic mass is 16.5. The van der Waals surface area contributed by atoms with E-state index in [0.717, 1.165) is 32.1 Å². The summed E-state index contributed by atoms with van der Waals surface area (Å²) in [6.45, 7) is 3.92. The Labute approximate surface area is 92.4 Å². The van der Waals surface area contributed by atoms with Crippen LogP contribution in [0.2, 0.25) is 0 Å². The molecule has 0 aliphatic heterocycles. The second kappa shape index (κ2) is 5.50. The molecule has 1 atom stereocenters. The Kier molecular flexibility index (Phi) is 4.58. The standard InChI is InChI=1S/C12H23NO2/c1-3-10(2)15-11(14)12(13)8-6-4-5-7-9-12/h10H,3-9,13H2,1-2H3. The third-order valence-electron chi connectivity index (χ3n) is 3.29. The van der Waals surface area contributed by atoms with Crippen LogP contribution < -0.4 is 5.73 Å². The summed E-state index contributed by atoms with van der Waals surface area (Å²) in [5, 5.41) is 0. The van der Waals surface area contributed by atoms with Crippen LogP contribution in [0, 0.1) is 0 Å². The lowest BCUT2D eigenvalue weighted by molar-refractivity contribution is -0.155. The molecule has 0 aromatic rings. The first-order valence-corrected chi connectivity index (χ1v) is 6.08. The van der Waals surface area contributed by atoms with E-state index in [1.54, 1.807) is 0 Å². The fourth-order valence-electron chi connectivity index (χ4n) is 1.95. The molecule has 0 radical (unpaired) electrons. The van der Waals surface area contributed by atoms with E-state index in [1.165, 1.54) is 12.8 Å². The van der Waals surface area contributed by atoms with Crippen molar-refractivity contribution in [3.8, 4) is 0 Å².